The number of nitrogens with zero attached hydrogens (tertiary/aromatic N) is 3. The van der Waals surface area contributed by atoms with Crippen LogP contribution in [0.15, 0.2) is 41.0 Å². The Morgan fingerprint density at radius 1 is 1.20 bits per heavy atom. The lowest BCUT2D eigenvalue weighted by molar-refractivity contribution is 0.0944. The van der Waals surface area contributed by atoms with Gasteiger partial charge >= 0.3 is 0 Å². The fourth-order valence-corrected chi connectivity index (χ4v) is 2.61. The van der Waals surface area contributed by atoms with Gasteiger partial charge in [-0.05, 0) is 44.2 Å². The van der Waals surface area contributed by atoms with E-state index in [0.717, 1.165) is 26.8 Å². The van der Waals surface area contributed by atoms with E-state index >= 15 is 0 Å². The molecule has 5 heteroatoms. The Bertz CT molecular complexity index is 823. The molecule has 3 rings (SSSR count). The molecule has 3 aromatic rings. The van der Waals surface area contributed by atoms with Gasteiger partial charge in [0, 0.05) is 21.7 Å². The summed E-state index contributed by atoms with van der Waals surface area (Å²) in [7, 11) is 0. The zero-order valence-corrected chi connectivity index (χ0v) is 12.7. The molecular weight excluding hydrogens is 318 g/mol. The van der Waals surface area contributed by atoms with Crippen molar-refractivity contribution in [3.8, 4) is 0 Å². The van der Waals surface area contributed by atoms with E-state index in [1.807, 2.05) is 38.1 Å². The van der Waals surface area contributed by atoms with Gasteiger partial charge in [0.15, 0.2) is 0 Å². The lowest BCUT2D eigenvalue weighted by Gasteiger charge is -2.07. The van der Waals surface area contributed by atoms with E-state index in [4.69, 9.17) is 0 Å². The highest BCUT2D eigenvalue weighted by molar-refractivity contribution is 9.10. The van der Waals surface area contributed by atoms with Gasteiger partial charge in [0.05, 0.1) is 16.8 Å². The lowest BCUT2D eigenvalue weighted by atomic mass is 10.1. The first-order valence-corrected chi connectivity index (χ1v) is 6.98. The zero-order valence-electron chi connectivity index (χ0n) is 11.1. The fourth-order valence-electron chi connectivity index (χ4n) is 2.25. The second-order valence-electron chi connectivity index (χ2n) is 4.66. The van der Waals surface area contributed by atoms with Crippen LogP contribution in [0, 0.1) is 13.8 Å². The van der Waals surface area contributed by atoms with Crippen LogP contribution in [0.5, 0.6) is 0 Å². The van der Waals surface area contributed by atoms with Gasteiger partial charge in [-0.1, -0.05) is 15.9 Å². The quantitative estimate of drug-likeness (QED) is 0.686. The number of fused-ring (bicyclic) bond motifs is 1. The predicted molar refractivity (Wildman–Crippen MR) is 80.9 cm³/mol. The van der Waals surface area contributed by atoms with Gasteiger partial charge < -0.3 is 0 Å². The number of carbonyl (C=O) groups is 1. The summed E-state index contributed by atoms with van der Waals surface area (Å²) in [4.78, 5) is 16.9. The number of aryl methyl sites for hydroxylation is 2. The first-order valence-electron chi connectivity index (χ1n) is 6.18. The van der Waals surface area contributed by atoms with E-state index < -0.39 is 0 Å². The van der Waals surface area contributed by atoms with Gasteiger partial charge in [-0.3, -0.25) is 9.78 Å². The summed E-state index contributed by atoms with van der Waals surface area (Å²) in [5, 5.41) is 5.07. The molecule has 0 saturated carbocycles. The highest BCUT2D eigenvalue weighted by Crippen LogP contribution is 2.22. The van der Waals surface area contributed by atoms with Gasteiger partial charge in [0.2, 0.25) is 0 Å². The van der Waals surface area contributed by atoms with Crippen LogP contribution in [0.4, 0.5) is 0 Å². The normalized spacial score (nSPS) is 10.9. The van der Waals surface area contributed by atoms with Gasteiger partial charge in [0.25, 0.3) is 5.91 Å². The molecule has 0 aliphatic rings. The monoisotopic (exact) mass is 329 g/mol. The van der Waals surface area contributed by atoms with Crippen molar-refractivity contribution in [2.24, 2.45) is 0 Å². The average molecular weight is 330 g/mol. The molecule has 0 N–H and O–H groups in total. The van der Waals surface area contributed by atoms with Crippen molar-refractivity contribution in [2.75, 3.05) is 0 Å². The highest BCUT2D eigenvalue weighted by atomic mass is 79.9. The first-order chi connectivity index (χ1) is 9.56. The van der Waals surface area contributed by atoms with E-state index in [9.17, 15) is 4.79 Å². The van der Waals surface area contributed by atoms with E-state index in [1.165, 1.54) is 4.68 Å². The largest absolute Gasteiger partial charge is 0.279 e. The number of hydrogen-bond donors (Lipinski definition) is 0. The topological polar surface area (TPSA) is 47.8 Å². The molecule has 4 nitrogen and oxygen atoms in total. The number of hydrogen-bond acceptors (Lipinski definition) is 3. The van der Waals surface area contributed by atoms with E-state index in [1.54, 1.807) is 12.3 Å². The second-order valence-corrected chi connectivity index (χ2v) is 5.58. The summed E-state index contributed by atoms with van der Waals surface area (Å²) in [6.07, 6.45) is 1.65. The summed E-state index contributed by atoms with van der Waals surface area (Å²) < 4.78 is 2.35. The maximum atomic E-state index is 12.7. The van der Waals surface area contributed by atoms with E-state index in [-0.39, 0.29) is 5.91 Å². The summed E-state index contributed by atoms with van der Waals surface area (Å²) in [5.41, 5.74) is 3.05. The third kappa shape index (κ3) is 2.14. The molecule has 100 valence electrons. The number of benzene rings is 1. The van der Waals surface area contributed by atoms with Crippen LogP contribution in [-0.2, 0) is 0 Å². The molecule has 0 spiro atoms. The van der Waals surface area contributed by atoms with Crippen molar-refractivity contribution in [2.45, 2.75) is 13.8 Å². The van der Waals surface area contributed by atoms with Crippen LogP contribution in [0.3, 0.4) is 0 Å². The van der Waals surface area contributed by atoms with E-state index in [0.29, 0.717) is 5.56 Å². The second kappa shape index (κ2) is 4.83. The van der Waals surface area contributed by atoms with Crippen molar-refractivity contribution in [3.63, 3.8) is 0 Å². The van der Waals surface area contributed by atoms with Crippen molar-refractivity contribution in [1.29, 1.82) is 0 Å². The van der Waals surface area contributed by atoms with Crippen molar-refractivity contribution in [3.05, 3.63) is 58.0 Å². The van der Waals surface area contributed by atoms with Crippen LogP contribution in [0.25, 0.3) is 10.9 Å². The molecular formula is C15H12BrN3O. The molecule has 0 fully saturated rings. The number of pyridine rings is 1. The van der Waals surface area contributed by atoms with Crippen LogP contribution < -0.4 is 0 Å². The molecule has 20 heavy (non-hydrogen) atoms. The molecule has 0 aliphatic carbocycles. The standard InChI is InChI=1S/C15H12BrN3O/c1-9-7-10(2)19(18-9)15(20)12-5-6-17-14-4-3-11(16)8-13(12)14/h3-8H,1-2H3. The van der Waals surface area contributed by atoms with Crippen molar-refractivity contribution < 1.29 is 4.79 Å². The average Bonchev–Trinajstić information content (AvgIpc) is 2.76. The van der Waals surface area contributed by atoms with Gasteiger partial charge in [-0.2, -0.15) is 5.10 Å². The summed E-state index contributed by atoms with van der Waals surface area (Å²) in [6.45, 7) is 3.75. The Hall–Kier alpha value is -2.01. The lowest BCUT2D eigenvalue weighted by Crippen LogP contribution is -2.15. The SMILES string of the molecule is Cc1cc(C)n(C(=O)c2ccnc3ccc(Br)cc23)n1. The maximum absolute atomic E-state index is 12.7. The molecule has 0 bridgehead atoms. The number of halogens is 1. The smallest absolute Gasteiger partial charge is 0.267 e. The molecule has 0 radical (unpaired) electrons. The van der Waals surface area contributed by atoms with Crippen LogP contribution in [0.2, 0.25) is 0 Å². The molecule has 0 atom stereocenters. The maximum Gasteiger partial charge on any atom is 0.279 e. The molecule has 0 amide bonds. The summed E-state index contributed by atoms with van der Waals surface area (Å²) >= 11 is 3.43. The summed E-state index contributed by atoms with van der Waals surface area (Å²) in [5.74, 6) is -0.138. The molecule has 0 unspecified atom stereocenters. The third-order valence-corrected chi connectivity index (χ3v) is 3.63. The van der Waals surface area contributed by atoms with Crippen LogP contribution in [-0.4, -0.2) is 20.7 Å². The predicted octanol–water partition coefficient (Wildman–Crippen LogP) is 3.50. The Kier molecular flexibility index (Phi) is 3.14. The summed E-state index contributed by atoms with van der Waals surface area (Å²) in [6, 6.07) is 9.32. The Labute approximate surface area is 124 Å². The Balaban J connectivity index is 2.21. The van der Waals surface area contributed by atoms with Crippen LogP contribution >= 0.6 is 15.9 Å². The third-order valence-electron chi connectivity index (χ3n) is 3.14. The highest BCUT2D eigenvalue weighted by Gasteiger charge is 2.16. The van der Waals surface area contributed by atoms with Gasteiger partial charge in [-0.15, -0.1) is 0 Å². The number of carbonyl (C=O) groups excluding carboxylic acids is 1. The Morgan fingerprint density at radius 2 is 2.00 bits per heavy atom. The minimum Gasteiger partial charge on any atom is -0.267 e. The van der Waals surface area contributed by atoms with Crippen molar-refractivity contribution in [1.82, 2.24) is 14.8 Å². The van der Waals surface area contributed by atoms with Gasteiger partial charge in [0.1, 0.15) is 0 Å². The Morgan fingerprint density at radius 3 is 2.70 bits per heavy atom. The zero-order chi connectivity index (χ0) is 14.3. The van der Waals surface area contributed by atoms with E-state index in [2.05, 4.69) is 26.0 Å². The molecule has 2 heterocycles. The minimum absolute atomic E-state index is 0.138. The number of rotatable bonds is 1. The molecule has 0 aliphatic heterocycles. The fraction of sp³-hybridized carbons (Fsp3) is 0.133. The first kappa shape index (κ1) is 13.0. The van der Waals surface area contributed by atoms with Crippen LogP contribution in [0.1, 0.15) is 21.7 Å². The minimum atomic E-state index is -0.138. The molecule has 2 aromatic heterocycles. The number of aromatic nitrogens is 3. The molecule has 1 aromatic carbocycles. The van der Waals surface area contributed by atoms with Gasteiger partial charge in [-0.25, -0.2) is 4.68 Å². The molecule has 0 saturated heterocycles. The van der Waals surface area contributed by atoms with Crippen molar-refractivity contribution >= 4 is 32.7 Å².